The lowest BCUT2D eigenvalue weighted by Crippen LogP contribution is -2.12. The van der Waals surface area contributed by atoms with Gasteiger partial charge in [0.05, 0.1) is 24.6 Å². The molecule has 0 aromatic carbocycles. The van der Waals surface area contributed by atoms with E-state index in [0.717, 1.165) is 24.5 Å². The van der Waals surface area contributed by atoms with Crippen LogP contribution in [-0.4, -0.2) is 37.9 Å². The molecule has 0 radical (unpaired) electrons. The van der Waals surface area contributed by atoms with Crippen LogP contribution in [0, 0.1) is 0 Å². The van der Waals surface area contributed by atoms with Crippen molar-refractivity contribution in [2.75, 3.05) is 13.2 Å². The lowest BCUT2D eigenvalue weighted by atomic mass is 10.4. The lowest BCUT2D eigenvalue weighted by molar-refractivity contribution is 0.289. The average molecular weight is 278 g/mol. The molecule has 0 atom stereocenters. The summed E-state index contributed by atoms with van der Waals surface area (Å²) in [7, 11) is 0. The van der Waals surface area contributed by atoms with E-state index in [1.54, 1.807) is 10.9 Å². The molecular formula is C13H22N6O. The van der Waals surface area contributed by atoms with E-state index in [1.807, 2.05) is 17.1 Å². The van der Waals surface area contributed by atoms with E-state index >= 15 is 0 Å². The molecule has 0 unspecified atom stereocenters. The largest absolute Gasteiger partial charge is 0.488 e. The van der Waals surface area contributed by atoms with Gasteiger partial charge in [0.25, 0.3) is 0 Å². The monoisotopic (exact) mass is 278 g/mol. The Morgan fingerprint density at radius 3 is 2.90 bits per heavy atom. The van der Waals surface area contributed by atoms with Crippen LogP contribution in [-0.2, 0) is 13.1 Å². The van der Waals surface area contributed by atoms with Crippen molar-refractivity contribution >= 4 is 0 Å². The van der Waals surface area contributed by atoms with Gasteiger partial charge in [0.15, 0.2) is 5.75 Å². The summed E-state index contributed by atoms with van der Waals surface area (Å²) < 4.78 is 9.31. The number of hydrogen-bond acceptors (Lipinski definition) is 5. The molecule has 0 bridgehead atoms. The highest BCUT2D eigenvalue weighted by molar-refractivity contribution is 5.11. The maximum absolute atomic E-state index is 5.64. The summed E-state index contributed by atoms with van der Waals surface area (Å²) in [5.41, 5.74) is 0.944. The molecule has 7 nitrogen and oxygen atoms in total. The number of nitrogens with one attached hydrogen (secondary N) is 1. The molecule has 0 aliphatic carbocycles. The second-order valence-corrected chi connectivity index (χ2v) is 4.85. The van der Waals surface area contributed by atoms with Gasteiger partial charge in [-0.15, -0.1) is 5.10 Å². The standard InChI is InChI=1S/C13H22N6O/c1-4-14-7-12-9-18(17-16-12)5-6-20-13-8-15-19(10-13)11(2)3/h8-11,14H,4-7H2,1-3H3. The second kappa shape index (κ2) is 7.04. The quantitative estimate of drug-likeness (QED) is 0.787. The van der Waals surface area contributed by atoms with Crippen LogP contribution < -0.4 is 10.1 Å². The zero-order valence-electron chi connectivity index (χ0n) is 12.3. The first-order valence-corrected chi connectivity index (χ1v) is 6.95. The van der Waals surface area contributed by atoms with Crippen molar-refractivity contribution < 1.29 is 4.74 Å². The van der Waals surface area contributed by atoms with Crippen LogP contribution in [0.2, 0.25) is 0 Å². The van der Waals surface area contributed by atoms with Gasteiger partial charge < -0.3 is 10.1 Å². The van der Waals surface area contributed by atoms with Crippen molar-refractivity contribution in [3.63, 3.8) is 0 Å². The summed E-state index contributed by atoms with van der Waals surface area (Å²) in [6.07, 6.45) is 5.57. The van der Waals surface area contributed by atoms with E-state index in [2.05, 4.69) is 41.5 Å². The fourth-order valence-corrected chi connectivity index (χ4v) is 1.72. The minimum Gasteiger partial charge on any atom is -0.488 e. The molecular weight excluding hydrogens is 256 g/mol. The van der Waals surface area contributed by atoms with Gasteiger partial charge >= 0.3 is 0 Å². The van der Waals surface area contributed by atoms with Crippen LogP contribution in [0.5, 0.6) is 5.75 Å². The van der Waals surface area contributed by atoms with Crippen molar-refractivity contribution in [1.29, 1.82) is 0 Å². The van der Waals surface area contributed by atoms with Gasteiger partial charge in [-0.3, -0.25) is 4.68 Å². The van der Waals surface area contributed by atoms with Gasteiger partial charge in [0.2, 0.25) is 0 Å². The van der Waals surface area contributed by atoms with E-state index < -0.39 is 0 Å². The maximum Gasteiger partial charge on any atom is 0.157 e. The number of aromatic nitrogens is 5. The topological polar surface area (TPSA) is 69.8 Å². The van der Waals surface area contributed by atoms with Gasteiger partial charge in [-0.2, -0.15) is 5.10 Å². The molecule has 0 spiro atoms. The molecule has 2 aromatic heterocycles. The highest BCUT2D eigenvalue weighted by Gasteiger charge is 2.03. The first kappa shape index (κ1) is 14.5. The molecule has 0 aliphatic heterocycles. The molecule has 2 aromatic rings. The predicted molar refractivity (Wildman–Crippen MR) is 75.5 cm³/mol. The van der Waals surface area contributed by atoms with E-state index in [4.69, 9.17) is 4.74 Å². The summed E-state index contributed by atoms with van der Waals surface area (Å²) in [4.78, 5) is 0. The number of nitrogens with zero attached hydrogens (tertiary/aromatic N) is 5. The molecule has 1 N–H and O–H groups in total. The van der Waals surface area contributed by atoms with Gasteiger partial charge in [-0.05, 0) is 20.4 Å². The number of ether oxygens (including phenoxy) is 1. The molecule has 2 rings (SSSR count). The van der Waals surface area contributed by atoms with Crippen LogP contribution in [0.1, 0.15) is 32.5 Å². The third kappa shape index (κ3) is 4.06. The molecule has 110 valence electrons. The number of hydrogen-bond donors (Lipinski definition) is 1. The summed E-state index contributed by atoms with van der Waals surface area (Å²) in [5, 5.41) is 15.6. The summed E-state index contributed by atoms with van der Waals surface area (Å²) in [6.45, 7) is 9.12. The van der Waals surface area contributed by atoms with Crippen molar-refractivity contribution in [2.45, 2.75) is 39.9 Å². The Hall–Kier alpha value is -1.89. The third-order valence-electron chi connectivity index (χ3n) is 2.84. The molecule has 0 saturated heterocycles. The Kier molecular flexibility index (Phi) is 5.11. The smallest absolute Gasteiger partial charge is 0.157 e. The summed E-state index contributed by atoms with van der Waals surface area (Å²) >= 11 is 0. The summed E-state index contributed by atoms with van der Waals surface area (Å²) in [5.74, 6) is 0.784. The Labute approximate surface area is 118 Å². The number of rotatable bonds is 8. The van der Waals surface area contributed by atoms with Crippen LogP contribution in [0.4, 0.5) is 0 Å². The molecule has 0 amide bonds. The van der Waals surface area contributed by atoms with Gasteiger partial charge in [0, 0.05) is 18.8 Å². The fourth-order valence-electron chi connectivity index (χ4n) is 1.72. The van der Waals surface area contributed by atoms with Crippen molar-refractivity contribution in [2.24, 2.45) is 0 Å². The van der Waals surface area contributed by atoms with E-state index in [-0.39, 0.29) is 0 Å². The van der Waals surface area contributed by atoms with E-state index in [1.165, 1.54) is 0 Å². The normalized spacial score (nSPS) is 11.2. The molecule has 7 heteroatoms. The Morgan fingerprint density at radius 1 is 1.35 bits per heavy atom. The highest BCUT2D eigenvalue weighted by Crippen LogP contribution is 2.12. The van der Waals surface area contributed by atoms with Crippen LogP contribution in [0.25, 0.3) is 0 Å². The molecule has 2 heterocycles. The molecule has 0 saturated carbocycles. The highest BCUT2D eigenvalue weighted by atomic mass is 16.5. The SMILES string of the molecule is CCNCc1cn(CCOc2cnn(C(C)C)c2)nn1. The van der Waals surface area contributed by atoms with Crippen molar-refractivity contribution in [3.8, 4) is 5.75 Å². The van der Waals surface area contributed by atoms with Gasteiger partial charge in [0.1, 0.15) is 6.61 Å². The minimum absolute atomic E-state index is 0.344. The van der Waals surface area contributed by atoms with E-state index in [0.29, 0.717) is 19.2 Å². The van der Waals surface area contributed by atoms with Crippen molar-refractivity contribution in [3.05, 3.63) is 24.3 Å². The Balaban J connectivity index is 1.76. The zero-order chi connectivity index (χ0) is 14.4. The van der Waals surface area contributed by atoms with Crippen molar-refractivity contribution in [1.82, 2.24) is 30.1 Å². The Bertz CT molecular complexity index is 518. The third-order valence-corrected chi connectivity index (χ3v) is 2.84. The first-order chi connectivity index (χ1) is 9.69. The van der Waals surface area contributed by atoms with Gasteiger partial charge in [-0.1, -0.05) is 12.1 Å². The van der Waals surface area contributed by atoms with Crippen LogP contribution in [0.3, 0.4) is 0 Å². The second-order valence-electron chi connectivity index (χ2n) is 4.85. The van der Waals surface area contributed by atoms with Crippen LogP contribution >= 0.6 is 0 Å². The minimum atomic E-state index is 0.344. The maximum atomic E-state index is 5.64. The predicted octanol–water partition coefficient (Wildman–Crippen LogP) is 1.24. The molecule has 0 aliphatic rings. The van der Waals surface area contributed by atoms with Crippen LogP contribution in [0.15, 0.2) is 18.6 Å². The average Bonchev–Trinajstić information content (AvgIpc) is 3.06. The molecule has 0 fully saturated rings. The fraction of sp³-hybridized carbons (Fsp3) is 0.615. The first-order valence-electron chi connectivity index (χ1n) is 6.95. The summed E-state index contributed by atoms with van der Waals surface area (Å²) in [6, 6.07) is 0.344. The molecule has 20 heavy (non-hydrogen) atoms. The zero-order valence-corrected chi connectivity index (χ0v) is 12.3. The lowest BCUT2D eigenvalue weighted by Gasteiger charge is -2.04. The Morgan fingerprint density at radius 2 is 2.20 bits per heavy atom. The van der Waals surface area contributed by atoms with Gasteiger partial charge in [-0.25, -0.2) is 4.68 Å². The van der Waals surface area contributed by atoms with E-state index in [9.17, 15) is 0 Å².